The molecule has 19 heavy (non-hydrogen) atoms. The van der Waals surface area contributed by atoms with Crippen LogP contribution in [0, 0.1) is 12.3 Å². The second-order valence-corrected chi connectivity index (χ2v) is 3.72. The number of ether oxygens (including phenoxy) is 3. The normalized spacial score (nSPS) is 21.6. The highest BCUT2D eigenvalue weighted by Gasteiger charge is 2.41. The van der Waals surface area contributed by atoms with Crippen LogP contribution in [0.25, 0.3) is 0 Å². The van der Waals surface area contributed by atoms with Crippen LogP contribution in [0.5, 0.6) is 5.75 Å². The number of carboxylic acid groups (broad SMARTS) is 1. The number of carbonyl (C=O) groups is 2. The fraction of sp³-hybridized carbons (Fsp3) is 0.231. The molecule has 1 aliphatic rings. The Labute approximate surface area is 108 Å². The molecule has 1 aliphatic heterocycles. The van der Waals surface area contributed by atoms with Gasteiger partial charge in [0.05, 0.1) is 0 Å². The number of benzene rings is 1. The van der Waals surface area contributed by atoms with Gasteiger partial charge >= 0.3 is 11.9 Å². The Morgan fingerprint density at radius 3 is 2.47 bits per heavy atom. The molecule has 0 bridgehead atoms. The van der Waals surface area contributed by atoms with E-state index in [4.69, 9.17) is 25.7 Å². The van der Waals surface area contributed by atoms with Gasteiger partial charge in [0.25, 0.3) is 0 Å². The van der Waals surface area contributed by atoms with Crippen LogP contribution < -0.4 is 4.74 Å². The van der Waals surface area contributed by atoms with Gasteiger partial charge in [-0.05, 0) is 24.3 Å². The molecule has 0 aromatic heterocycles. The Morgan fingerprint density at radius 2 is 1.89 bits per heavy atom. The van der Waals surface area contributed by atoms with Gasteiger partial charge in [0.1, 0.15) is 12.5 Å². The molecule has 1 fully saturated rings. The molecule has 0 amide bonds. The summed E-state index contributed by atoms with van der Waals surface area (Å²) in [6.45, 7) is -0.257. The van der Waals surface area contributed by atoms with E-state index in [0.29, 0.717) is 5.56 Å². The average Bonchev–Trinajstić information content (AvgIpc) is 2.89. The monoisotopic (exact) mass is 262 g/mol. The fourth-order valence-electron chi connectivity index (χ4n) is 1.55. The second kappa shape index (κ2) is 5.52. The Balaban J connectivity index is 2.04. The molecule has 1 aromatic carbocycles. The third-order valence-electron chi connectivity index (χ3n) is 2.49. The molecule has 98 valence electrons. The number of aliphatic carboxylic acids is 1. The van der Waals surface area contributed by atoms with Crippen LogP contribution in [0.1, 0.15) is 5.56 Å². The van der Waals surface area contributed by atoms with Gasteiger partial charge in [-0.25, -0.2) is 9.59 Å². The number of esters is 1. The topological polar surface area (TPSA) is 82.1 Å². The predicted molar refractivity (Wildman–Crippen MR) is 62.3 cm³/mol. The minimum atomic E-state index is -1.35. The Hall–Kier alpha value is -2.36. The molecule has 6 heteroatoms. The van der Waals surface area contributed by atoms with Crippen molar-refractivity contribution in [2.45, 2.75) is 12.2 Å². The maximum Gasteiger partial charge on any atom is 0.344 e. The number of terminal acetylenes is 1. The summed E-state index contributed by atoms with van der Waals surface area (Å²) in [5, 5.41) is 8.83. The van der Waals surface area contributed by atoms with Crippen molar-refractivity contribution in [3.05, 3.63) is 29.8 Å². The predicted octanol–water partition coefficient (Wildman–Crippen LogP) is 0.399. The van der Waals surface area contributed by atoms with E-state index in [1.54, 1.807) is 12.1 Å². The van der Waals surface area contributed by atoms with Crippen molar-refractivity contribution in [3.63, 3.8) is 0 Å². The van der Waals surface area contributed by atoms with Crippen molar-refractivity contribution in [1.82, 2.24) is 0 Å². The summed E-state index contributed by atoms with van der Waals surface area (Å²) in [7, 11) is 0. The van der Waals surface area contributed by atoms with Crippen LogP contribution in [0.2, 0.25) is 0 Å². The van der Waals surface area contributed by atoms with Crippen LogP contribution in [0.3, 0.4) is 0 Å². The zero-order valence-corrected chi connectivity index (χ0v) is 9.74. The van der Waals surface area contributed by atoms with Crippen LogP contribution in [-0.2, 0) is 19.1 Å². The third-order valence-corrected chi connectivity index (χ3v) is 2.49. The van der Waals surface area contributed by atoms with Gasteiger partial charge < -0.3 is 19.3 Å². The Morgan fingerprint density at radius 1 is 1.26 bits per heavy atom. The molecule has 1 aromatic rings. The molecular weight excluding hydrogens is 252 g/mol. The molecule has 1 saturated heterocycles. The summed E-state index contributed by atoms with van der Waals surface area (Å²) in [6, 6.07) is 6.23. The first kappa shape index (κ1) is 13.1. The highest BCUT2D eigenvalue weighted by atomic mass is 16.7. The smallest absolute Gasteiger partial charge is 0.344 e. The standard InChI is InChI=1S/C13H10O6/c1-2-8-3-5-9(6-4-8)19-13(16)11-10(12(14)15)17-7-18-11/h1,3-6,10-11H,7H2,(H,14,15). The highest BCUT2D eigenvalue weighted by Crippen LogP contribution is 2.18. The van der Waals surface area contributed by atoms with Gasteiger partial charge in [-0.2, -0.15) is 0 Å². The fourth-order valence-corrected chi connectivity index (χ4v) is 1.55. The lowest BCUT2D eigenvalue weighted by Crippen LogP contribution is -2.39. The van der Waals surface area contributed by atoms with Gasteiger partial charge in [-0.3, -0.25) is 0 Å². The molecule has 6 nitrogen and oxygen atoms in total. The second-order valence-electron chi connectivity index (χ2n) is 3.72. The zero-order chi connectivity index (χ0) is 13.8. The van der Waals surface area contributed by atoms with Gasteiger partial charge in [-0.1, -0.05) is 5.92 Å². The molecule has 2 unspecified atom stereocenters. The van der Waals surface area contributed by atoms with Crippen molar-refractivity contribution in [3.8, 4) is 18.1 Å². The van der Waals surface area contributed by atoms with E-state index in [0.717, 1.165) is 0 Å². The highest BCUT2D eigenvalue weighted by molar-refractivity contribution is 5.86. The first-order chi connectivity index (χ1) is 9.11. The minimum absolute atomic E-state index is 0.253. The Kier molecular flexibility index (Phi) is 3.80. The quantitative estimate of drug-likeness (QED) is 0.482. The lowest BCUT2D eigenvalue weighted by Gasteiger charge is -2.12. The minimum Gasteiger partial charge on any atom is -0.479 e. The van der Waals surface area contributed by atoms with E-state index in [1.807, 2.05) is 0 Å². The van der Waals surface area contributed by atoms with Crippen molar-refractivity contribution in [1.29, 1.82) is 0 Å². The third kappa shape index (κ3) is 2.91. The molecule has 0 saturated carbocycles. The summed E-state index contributed by atoms with van der Waals surface area (Å²) in [6.07, 6.45) is 2.57. The Bertz CT molecular complexity index is 527. The average molecular weight is 262 g/mol. The lowest BCUT2D eigenvalue weighted by atomic mass is 10.2. The van der Waals surface area contributed by atoms with Crippen LogP contribution in [0.4, 0.5) is 0 Å². The summed E-state index contributed by atoms with van der Waals surface area (Å²) in [4.78, 5) is 22.6. The lowest BCUT2D eigenvalue weighted by molar-refractivity contribution is -0.154. The molecule has 2 rings (SSSR count). The molecule has 1 N–H and O–H groups in total. The number of carboxylic acids is 1. The molecular formula is C13H10O6. The van der Waals surface area contributed by atoms with E-state index in [2.05, 4.69) is 5.92 Å². The van der Waals surface area contributed by atoms with Crippen LogP contribution >= 0.6 is 0 Å². The first-order valence-corrected chi connectivity index (χ1v) is 5.36. The zero-order valence-electron chi connectivity index (χ0n) is 9.74. The largest absolute Gasteiger partial charge is 0.479 e. The van der Waals surface area contributed by atoms with Crippen molar-refractivity contribution >= 4 is 11.9 Å². The molecule has 0 spiro atoms. The summed E-state index contributed by atoms with van der Waals surface area (Å²) < 4.78 is 14.7. The van der Waals surface area contributed by atoms with Gasteiger partial charge in [-0.15, -0.1) is 6.42 Å². The molecule has 2 atom stereocenters. The van der Waals surface area contributed by atoms with E-state index < -0.39 is 24.1 Å². The number of carbonyl (C=O) groups excluding carboxylic acids is 1. The van der Waals surface area contributed by atoms with E-state index >= 15 is 0 Å². The molecule has 0 aliphatic carbocycles. The van der Waals surface area contributed by atoms with E-state index in [9.17, 15) is 9.59 Å². The maximum atomic E-state index is 11.8. The maximum absolute atomic E-state index is 11.8. The number of rotatable bonds is 3. The van der Waals surface area contributed by atoms with Crippen LogP contribution in [0.15, 0.2) is 24.3 Å². The first-order valence-electron chi connectivity index (χ1n) is 5.36. The molecule has 0 radical (unpaired) electrons. The summed E-state index contributed by atoms with van der Waals surface area (Å²) in [5.74, 6) is 0.578. The number of hydrogen-bond donors (Lipinski definition) is 1. The summed E-state index contributed by atoms with van der Waals surface area (Å²) >= 11 is 0. The van der Waals surface area contributed by atoms with Gasteiger partial charge in [0.15, 0.2) is 12.2 Å². The van der Waals surface area contributed by atoms with E-state index in [-0.39, 0.29) is 12.5 Å². The number of hydrogen-bond acceptors (Lipinski definition) is 5. The van der Waals surface area contributed by atoms with Crippen molar-refractivity contribution < 1.29 is 28.9 Å². The van der Waals surface area contributed by atoms with Crippen molar-refractivity contribution in [2.24, 2.45) is 0 Å². The van der Waals surface area contributed by atoms with Crippen molar-refractivity contribution in [2.75, 3.05) is 6.79 Å². The summed E-state index contributed by atoms with van der Waals surface area (Å²) in [5.41, 5.74) is 0.642. The van der Waals surface area contributed by atoms with Gasteiger partial charge in [0, 0.05) is 5.56 Å². The SMILES string of the molecule is C#Cc1ccc(OC(=O)C2OCOC2C(=O)O)cc1. The van der Waals surface area contributed by atoms with Crippen LogP contribution in [-0.4, -0.2) is 36.0 Å². The molecule has 1 heterocycles. The van der Waals surface area contributed by atoms with Gasteiger partial charge in [0.2, 0.25) is 0 Å². The van der Waals surface area contributed by atoms with E-state index in [1.165, 1.54) is 12.1 Å².